The Labute approximate surface area is 177 Å². The Balaban J connectivity index is 1.49. The molecular formula is C22H22F3N5O. The molecule has 0 radical (unpaired) electrons. The minimum absolute atomic E-state index is 0.144. The first-order chi connectivity index (χ1) is 14.9. The summed E-state index contributed by atoms with van der Waals surface area (Å²) in [5.41, 5.74) is 1.86. The lowest BCUT2D eigenvalue weighted by molar-refractivity contribution is -0.133. The molecule has 3 aromatic rings. The molecule has 0 aliphatic carbocycles. The van der Waals surface area contributed by atoms with Crippen LogP contribution in [0.1, 0.15) is 42.6 Å². The van der Waals surface area contributed by atoms with Gasteiger partial charge in [-0.2, -0.15) is 5.10 Å². The maximum Gasteiger partial charge on any atom is 0.266 e. The van der Waals surface area contributed by atoms with Crippen LogP contribution in [0.15, 0.2) is 30.5 Å². The van der Waals surface area contributed by atoms with E-state index in [4.69, 9.17) is 4.74 Å². The zero-order valence-corrected chi connectivity index (χ0v) is 17.1. The van der Waals surface area contributed by atoms with Crippen molar-refractivity contribution >= 4 is 22.4 Å². The summed E-state index contributed by atoms with van der Waals surface area (Å²) in [7, 11) is 0. The molecule has 31 heavy (non-hydrogen) atoms. The molecule has 3 atom stereocenters. The summed E-state index contributed by atoms with van der Waals surface area (Å²) in [5, 5.41) is 12.3. The maximum atomic E-state index is 14.6. The third-order valence-corrected chi connectivity index (χ3v) is 6.01. The van der Waals surface area contributed by atoms with E-state index in [0.717, 1.165) is 36.7 Å². The first-order valence-electron chi connectivity index (χ1n) is 10.3. The standard InChI is InChI=1S/C22H22F3N5O/c1-11(16-4-3-5-17(19(16)23)21(24)25)27-22-18-6-13(8-26-20(18)12(2)28-29-22)30-9-14-7-15(10-30)31-14/h3-6,8,11,14-15,21H,7,9-10H2,1-2H3,(H,27,29)/t11-,14?,15?/m1/s1. The molecule has 1 aromatic carbocycles. The molecule has 3 saturated heterocycles. The summed E-state index contributed by atoms with van der Waals surface area (Å²) >= 11 is 0. The molecule has 3 aliphatic rings. The molecule has 2 aromatic heterocycles. The first kappa shape index (κ1) is 20.0. The van der Waals surface area contributed by atoms with E-state index in [2.05, 4.69) is 25.4 Å². The van der Waals surface area contributed by atoms with Crippen molar-refractivity contribution in [3.63, 3.8) is 0 Å². The van der Waals surface area contributed by atoms with Gasteiger partial charge >= 0.3 is 0 Å². The average molecular weight is 429 g/mol. The van der Waals surface area contributed by atoms with E-state index in [1.54, 1.807) is 6.92 Å². The molecule has 162 valence electrons. The number of pyridine rings is 1. The molecule has 5 heterocycles. The van der Waals surface area contributed by atoms with Gasteiger partial charge in [-0.05, 0) is 19.9 Å². The predicted octanol–water partition coefficient (Wildman–Crippen LogP) is 4.56. The zero-order chi connectivity index (χ0) is 21.7. The molecule has 0 amide bonds. The van der Waals surface area contributed by atoms with Crippen molar-refractivity contribution in [3.05, 3.63) is 53.1 Å². The van der Waals surface area contributed by atoms with Gasteiger partial charge in [-0.25, -0.2) is 13.2 Å². The van der Waals surface area contributed by atoms with Crippen molar-refractivity contribution in [1.82, 2.24) is 15.2 Å². The van der Waals surface area contributed by atoms with Crippen LogP contribution >= 0.6 is 0 Å². The molecule has 2 bridgehead atoms. The molecule has 9 heteroatoms. The molecular weight excluding hydrogens is 407 g/mol. The summed E-state index contributed by atoms with van der Waals surface area (Å²) in [6, 6.07) is 5.42. The number of piperidine rings is 1. The van der Waals surface area contributed by atoms with Gasteiger partial charge in [0, 0.05) is 30.5 Å². The third kappa shape index (κ3) is 3.56. The largest absolute Gasteiger partial charge is 0.371 e. The van der Waals surface area contributed by atoms with E-state index in [-0.39, 0.29) is 17.8 Å². The smallest absolute Gasteiger partial charge is 0.266 e. The molecule has 1 N–H and O–H groups in total. The number of nitrogens with one attached hydrogen (secondary N) is 1. The number of ether oxygens (including phenoxy) is 1. The van der Waals surface area contributed by atoms with Crippen molar-refractivity contribution in [2.45, 2.75) is 44.9 Å². The summed E-state index contributed by atoms with van der Waals surface area (Å²) < 4.78 is 46.5. The Bertz CT molecular complexity index is 1130. The Hall–Kier alpha value is -2.94. The molecule has 0 spiro atoms. The average Bonchev–Trinajstić information content (AvgIpc) is 2.75. The molecule has 0 saturated carbocycles. The number of aromatic nitrogens is 3. The number of benzene rings is 1. The molecule has 2 unspecified atom stereocenters. The van der Waals surface area contributed by atoms with Crippen LogP contribution in [0.5, 0.6) is 0 Å². The maximum absolute atomic E-state index is 14.6. The summed E-state index contributed by atoms with van der Waals surface area (Å²) in [5.74, 6) is -0.476. The minimum atomic E-state index is -2.88. The van der Waals surface area contributed by atoms with Crippen LogP contribution in [-0.4, -0.2) is 40.5 Å². The van der Waals surface area contributed by atoms with Crippen LogP contribution in [0.2, 0.25) is 0 Å². The highest BCUT2D eigenvalue weighted by Gasteiger charge is 2.38. The number of alkyl halides is 2. The van der Waals surface area contributed by atoms with Gasteiger partial charge in [-0.15, -0.1) is 5.10 Å². The fourth-order valence-electron chi connectivity index (χ4n) is 4.35. The molecule has 6 rings (SSSR count). The Morgan fingerprint density at radius 1 is 1.16 bits per heavy atom. The van der Waals surface area contributed by atoms with Crippen molar-refractivity contribution in [1.29, 1.82) is 0 Å². The Morgan fingerprint density at radius 2 is 1.87 bits per heavy atom. The van der Waals surface area contributed by atoms with E-state index in [9.17, 15) is 13.2 Å². The van der Waals surface area contributed by atoms with Gasteiger partial charge in [-0.3, -0.25) is 4.98 Å². The van der Waals surface area contributed by atoms with Crippen LogP contribution in [0.4, 0.5) is 24.7 Å². The van der Waals surface area contributed by atoms with Gasteiger partial charge in [0.05, 0.1) is 46.9 Å². The van der Waals surface area contributed by atoms with Gasteiger partial charge in [0.1, 0.15) is 5.82 Å². The van der Waals surface area contributed by atoms with Gasteiger partial charge in [0.25, 0.3) is 6.43 Å². The van der Waals surface area contributed by atoms with Crippen LogP contribution in [0.25, 0.3) is 10.9 Å². The van der Waals surface area contributed by atoms with E-state index in [1.165, 1.54) is 12.1 Å². The number of hydrogen-bond acceptors (Lipinski definition) is 6. The number of morpholine rings is 1. The van der Waals surface area contributed by atoms with E-state index < -0.39 is 23.8 Å². The summed E-state index contributed by atoms with van der Waals surface area (Å²) in [6.07, 6.45) is 0.554. The number of aryl methyl sites for hydroxylation is 1. The van der Waals surface area contributed by atoms with Crippen molar-refractivity contribution < 1.29 is 17.9 Å². The normalized spacial score (nSPS) is 21.3. The second kappa shape index (κ2) is 7.64. The number of anilines is 2. The predicted molar refractivity (Wildman–Crippen MR) is 111 cm³/mol. The van der Waals surface area contributed by atoms with E-state index in [1.807, 2.05) is 19.2 Å². The fourth-order valence-corrected chi connectivity index (χ4v) is 4.35. The summed E-state index contributed by atoms with van der Waals surface area (Å²) in [6.45, 7) is 5.15. The topological polar surface area (TPSA) is 63.2 Å². The first-order valence-corrected chi connectivity index (χ1v) is 10.3. The Kier molecular flexibility index (Phi) is 4.92. The number of rotatable bonds is 5. The Morgan fingerprint density at radius 3 is 2.58 bits per heavy atom. The van der Waals surface area contributed by atoms with E-state index >= 15 is 0 Å². The molecule has 6 nitrogen and oxygen atoms in total. The van der Waals surface area contributed by atoms with Crippen molar-refractivity contribution in [2.24, 2.45) is 0 Å². The highest BCUT2D eigenvalue weighted by Crippen LogP contribution is 2.34. The SMILES string of the molecule is Cc1nnc(N[C@H](C)c2cccc(C(F)F)c2F)c2cc(N3CC4CC(C3)O4)cnc12. The van der Waals surface area contributed by atoms with E-state index in [0.29, 0.717) is 17.0 Å². The number of halogens is 3. The van der Waals surface area contributed by atoms with Crippen LogP contribution in [0.3, 0.4) is 0 Å². The van der Waals surface area contributed by atoms with Crippen LogP contribution in [-0.2, 0) is 4.74 Å². The van der Waals surface area contributed by atoms with Crippen LogP contribution < -0.4 is 10.2 Å². The highest BCUT2D eigenvalue weighted by atomic mass is 19.3. The summed E-state index contributed by atoms with van der Waals surface area (Å²) in [4.78, 5) is 6.83. The highest BCUT2D eigenvalue weighted by molar-refractivity contribution is 5.92. The monoisotopic (exact) mass is 429 g/mol. The molecule has 3 aliphatic heterocycles. The van der Waals surface area contributed by atoms with Crippen LogP contribution in [0, 0.1) is 12.7 Å². The molecule has 3 fully saturated rings. The zero-order valence-electron chi connectivity index (χ0n) is 17.1. The minimum Gasteiger partial charge on any atom is -0.371 e. The second-order valence-electron chi connectivity index (χ2n) is 8.16. The quantitative estimate of drug-likeness (QED) is 0.642. The number of hydrogen-bond donors (Lipinski definition) is 1. The van der Waals surface area contributed by atoms with Crippen molar-refractivity contribution in [3.8, 4) is 0 Å². The lowest BCUT2D eigenvalue weighted by atomic mass is 9.98. The second-order valence-corrected chi connectivity index (χ2v) is 8.16. The fraction of sp³-hybridized carbons (Fsp3) is 0.409. The van der Waals surface area contributed by atoms with Gasteiger partial charge in [-0.1, -0.05) is 18.2 Å². The van der Waals surface area contributed by atoms with Gasteiger partial charge in [0.15, 0.2) is 5.82 Å². The van der Waals surface area contributed by atoms with Crippen molar-refractivity contribution in [2.75, 3.05) is 23.3 Å². The lowest BCUT2D eigenvalue weighted by Crippen LogP contribution is -2.57. The third-order valence-electron chi connectivity index (χ3n) is 6.01. The van der Waals surface area contributed by atoms with Gasteiger partial charge in [0.2, 0.25) is 0 Å². The number of nitrogens with zero attached hydrogens (tertiary/aromatic N) is 4. The van der Waals surface area contributed by atoms with Gasteiger partial charge < -0.3 is 15.0 Å². The number of fused-ring (bicyclic) bond motifs is 3. The lowest BCUT2D eigenvalue weighted by Gasteiger charge is -2.47.